The van der Waals surface area contributed by atoms with E-state index in [0.29, 0.717) is 18.1 Å². The van der Waals surface area contributed by atoms with Gasteiger partial charge in [0.15, 0.2) is 0 Å². The van der Waals surface area contributed by atoms with Crippen molar-refractivity contribution in [2.45, 2.75) is 13.3 Å². The number of nitrogens with zero attached hydrogens (tertiary/aromatic N) is 1. The number of aromatic nitrogens is 1. The van der Waals surface area contributed by atoms with Crippen LogP contribution in [0.3, 0.4) is 0 Å². The first kappa shape index (κ1) is 10.5. The SMILES string of the molecule is Cc1cc(C(=O)NCCCCl)ns1. The lowest BCUT2D eigenvalue weighted by atomic mass is 10.3. The summed E-state index contributed by atoms with van der Waals surface area (Å²) in [4.78, 5) is 12.4. The third-order valence-corrected chi connectivity index (χ3v) is 2.42. The number of carbonyl (C=O) groups is 1. The van der Waals surface area contributed by atoms with E-state index in [1.165, 1.54) is 11.5 Å². The molecule has 0 fully saturated rings. The lowest BCUT2D eigenvalue weighted by Crippen LogP contribution is -2.24. The summed E-state index contributed by atoms with van der Waals surface area (Å²) in [6.07, 6.45) is 0.788. The molecule has 1 aromatic heterocycles. The van der Waals surface area contributed by atoms with Crippen molar-refractivity contribution in [1.29, 1.82) is 0 Å². The number of alkyl halides is 1. The van der Waals surface area contributed by atoms with Crippen LogP contribution in [-0.4, -0.2) is 22.7 Å². The number of aryl methyl sites for hydroxylation is 1. The predicted octanol–water partition coefficient (Wildman–Crippen LogP) is 1.81. The second-order valence-electron chi connectivity index (χ2n) is 2.62. The molecule has 3 nitrogen and oxygen atoms in total. The van der Waals surface area contributed by atoms with Crippen molar-refractivity contribution in [2.24, 2.45) is 0 Å². The van der Waals surface area contributed by atoms with Crippen LogP contribution in [0.4, 0.5) is 0 Å². The number of halogens is 1. The van der Waals surface area contributed by atoms with Crippen LogP contribution in [0.1, 0.15) is 21.8 Å². The van der Waals surface area contributed by atoms with E-state index >= 15 is 0 Å². The molecule has 0 atom stereocenters. The van der Waals surface area contributed by atoms with Crippen LogP contribution in [0, 0.1) is 6.92 Å². The molecular weight excluding hydrogens is 208 g/mol. The Balaban J connectivity index is 2.40. The molecule has 13 heavy (non-hydrogen) atoms. The molecule has 1 aromatic rings. The van der Waals surface area contributed by atoms with Crippen LogP contribution >= 0.6 is 23.1 Å². The summed E-state index contributed by atoms with van der Waals surface area (Å²) < 4.78 is 3.99. The van der Waals surface area contributed by atoms with Gasteiger partial charge in [-0.2, -0.15) is 4.37 Å². The molecule has 0 saturated heterocycles. The van der Waals surface area contributed by atoms with Crippen LogP contribution in [0.15, 0.2) is 6.07 Å². The van der Waals surface area contributed by atoms with E-state index in [9.17, 15) is 4.79 Å². The molecule has 1 heterocycles. The maximum atomic E-state index is 11.3. The zero-order chi connectivity index (χ0) is 9.68. The van der Waals surface area contributed by atoms with E-state index in [-0.39, 0.29) is 5.91 Å². The highest BCUT2D eigenvalue weighted by atomic mass is 35.5. The van der Waals surface area contributed by atoms with Gasteiger partial charge in [-0.05, 0) is 30.9 Å². The molecular formula is C8H11ClN2OS. The van der Waals surface area contributed by atoms with Crippen molar-refractivity contribution in [3.8, 4) is 0 Å². The molecule has 1 N–H and O–H groups in total. The summed E-state index contributed by atoms with van der Waals surface area (Å²) >= 11 is 6.81. The van der Waals surface area contributed by atoms with Crippen molar-refractivity contribution < 1.29 is 4.79 Å². The molecule has 0 aromatic carbocycles. The van der Waals surface area contributed by atoms with Crippen molar-refractivity contribution in [3.63, 3.8) is 0 Å². The van der Waals surface area contributed by atoms with Gasteiger partial charge in [-0.3, -0.25) is 4.79 Å². The van der Waals surface area contributed by atoms with E-state index in [0.717, 1.165) is 11.3 Å². The number of amides is 1. The second-order valence-corrected chi connectivity index (χ2v) is 4.01. The molecule has 1 rings (SSSR count). The molecule has 1 amide bonds. The molecule has 0 bridgehead atoms. The Labute approximate surface area is 86.3 Å². The van der Waals surface area contributed by atoms with Crippen LogP contribution in [-0.2, 0) is 0 Å². The van der Waals surface area contributed by atoms with Gasteiger partial charge in [0.05, 0.1) is 0 Å². The van der Waals surface area contributed by atoms with E-state index < -0.39 is 0 Å². The minimum Gasteiger partial charge on any atom is -0.351 e. The van der Waals surface area contributed by atoms with E-state index in [1.807, 2.05) is 6.92 Å². The Morgan fingerprint density at radius 3 is 3.08 bits per heavy atom. The van der Waals surface area contributed by atoms with Gasteiger partial charge in [0.1, 0.15) is 5.69 Å². The Kier molecular flexibility index (Phi) is 4.18. The fourth-order valence-corrected chi connectivity index (χ4v) is 1.51. The molecule has 5 heteroatoms. The summed E-state index contributed by atoms with van der Waals surface area (Å²) in [5.41, 5.74) is 0.497. The third-order valence-electron chi connectivity index (χ3n) is 1.46. The highest BCUT2D eigenvalue weighted by molar-refractivity contribution is 7.05. The number of nitrogens with one attached hydrogen (secondary N) is 1. The average Bonchev–Trinajstić information content (AvgIpc) is 2.52. The van der Waals surface area contributed by atoms with Crippen molar-refractivity contribution in [3.05, 3.63) is 16.6 Å². The molecule has 72 valence electrons. The fourth-order valence-electron chi connectivity index (χ4n) is 0.833. The van der Waals surface area contributed by atoms with Gasteiger partial charge >= 0.3 is 0 Å². The Morgan fingerprint density at radius 1 is 1.77 bits per heavy atom. The normalized spacial score (nSPS) is 10.0. The maximum absolute atomic E-state index is 11.3. The lowest BCUT2D eigenvalue weighted by Gasteiger charge is -1.99. The van der Waals surface area contributed by atoms with Crippen LogP contribution in [0.25, 0.3) is 0 Å². The van der Waals surface area contributed by atoms with Gasteiger partial charge in [-0.25, -0.2) is 0 Å². The summed E-state index contributed by atoms with van der Waals surface area (Å²) in [5.74, 6) is 0.450. The molecule has 0 aliphatic carbocycles. The second kappa shape index (κ2) is 5.19. The zero-order valence-electron chi connectivity index (χ0n) is 7.34. The third kappa shape index (κ3) is 3.32. The predicted molar refractivity (Wildman–Crippen MR) is 54.5 cm³/mol. The van der Waals surface area contributed by atoms with Crippen molar-refractivity contribution in [2.75, 3.05) is 12.4 Å². The highest BCUT2D eigenvalue weighted by Crippen LogP contribution is 2.07. The molecule has 0 unspecified atom stereocenters. The summed E-state index contributed by atoms with van der Waals surface area (Å²) in [5, 5.41) is 2.73. The topological polar surface area (TPSA) is 42.0 Å². The first-order valence-electron chi connectivity index (χ1n) is 4.01. The zero-order valence-corrected chi connectivity index (χ0v) is 8.91. The smallest absolute Gasteiger partial charge is 0.270 e. The maximum Gasteiger partial charge on any atom is 0.270 e. The van der Waals surface area contributed by atoms with Gasteiger partial charge in [0.25, 0.3) is 5.91 Å². The van der Waals surface area contributed by atoms with Crippen molar-refractivity contribution >= 4 is 29.0 Å². The number of carbonyl (C=O) groups excluding carboxylic acids is 1. The van der Waals surface area contributed by atoms with E-state index in [1.54, 1.807) is 6.07 Å². The van der Waals surface area contributed by atoms with Gasteiger partial charge in [-0.1, -0.05) is 0 Å². The Morgan fingerprint density at radius 2 is 2.54 bits per heavy atom. The first-order chi connectivity index (χ1) is 6.24. The molecule has 0 saturated carbocycles. The standard InChI is InChI=1S/C8H11ClN2OS/c1-6-5-7(11-13-6)8(12)10-4-2-3-9/h5H,2-4H2,1H3,(H,10,12). The Bertz CT molecular complexity index is 287. The quantitative estimate of drug-likeness (QED) is 0.619. The highest BCUT2D eigenvalue weighted by Gasteiger charge is 2.07. The summed E-state index contributed by atoms with van der Waals surface area (Å²) in [6.45, 7) is 2.53. The van der Waals surface area contributed by atoms with Crippen LogP contribution < -0.4 is 5.32 Å². The number of hydrogen-bond donors (Lipinski definition) is 1. The van der Waals surface area contributed by atoms with E-state index in [4.69, 9.17) is 11.6 Å². The van der Waals surface area contributed by atoms with E-state index in [2.05, 4.69) is 9.69 Å². The summed E-state index contributed by atoms with van der Waals surface area (Å²) in [6, 6.07) is 1.78. The number of rotatable bonds is 4. The number of hydrogen-bond acceptors (Lipinski definition) is 3. The van der Waals surface area contributed by atoms with Crippen molar-refractivity contribution in [1.82, 2.24) is 9.69 Å². The average molecular weight is 219 g/mol. The summed E-state index contributed by atoms with van der Waals surface area (Å²) in [7, 11) is 0. The van der Waals surface area contributed by atoms with Crippen LogP contribution in [0.2, 0.25) is 0 Å². The van der Waals surface area contributed by atoms with Gasteiger partial charge in [0, 0.05) is 17.3 Å². The molecule has 0 radical (unpaired) electrons. The first-order valence-corrected chi connectivity index (χ1v) is 5.32. The van der Waals surface area contributed by atoms with Gasteiger partial charge < -0.3 is 5.32 Å². The monoisotopic (exact) mass is 218 g/mol. The minimum absolute atomic E-state index is 0.116. The minimum atomic E-state index is -0.116. The molecule has 0 spiro atoms. The molecule has 0 aliphatic rings. The largest absolute Gasteiger partial charge is 0.351 e. The lowest BCUT2D eigenvalue weighted by molar-refractivity contribution is 0.0950. The van der Waals surface area contributed by atoms with Gasteiger partial charge in [-0.15, -0.1) is 11.6 Å². The van der Waals surface area contributed by atoms with Crippen LogP contribution in [0.5, 0.6) is 0 Å². The van der Waals surface area contributed by atoms with Gasteiger partial charge in [0.2, 0.25) is 0 Å². The Hall–Kier alpha value is -0.610. The fraction of sp³-hybridized carbons (Fsp3) is 0.500. The molecule has 0 aliphatic heterocycles.